The van der Waals surface area contributed by atoms with Crippen molar-refractivity contribution >= 4 is 39.9 Å². The molecule has 0 amide bonds. The second-order valence-corrected chi connectivity index (χ2v) is 7.95. The highest BCUT2D eigenvalue weighted by molar-refractivity contribution is 5.82. The number of aromatic nitrogens is 3. The van der Waals surface area contributed by atoms with E-state index in [1.54, 1.807) is 0 Å². The van der Waals surface area contributed by atoms with E-state index >= 15 is 0 Å². The van der Waals surface area contributed by atoms with Gasteiger partial charge in [-0.05, 0) is 54.8 Å². The van der Waals surface area contributed by atoms with Crippen LogP contribution in [0, 0.1) is 12.8 Å². The van der Waals surface area contributed by atoms with Crippen LogP contribution in [0.15, 0.2) is 83.3 Å². The topological polar surface area (TPSA) is 35.4 Å². The smallest absolute Gasteiger partial charge is 0.215 e. The first-order valence-electron chi connectivity index (χ1n) is 10.5. The highest BCUT2D eigenvalue weighted by Gasteiger charge is 2.16. The molecule has 154 valence electrons. The third-order valence-electron chi connectivity index (χ3n) is 6.02. The van der Waals surface area contributed by atoms with E-state index < -0.39 is 0 Å². The fourth-order valence-electron chi connectivity index (χ4n) is 4.10. The van der Waals surface area contributed by atoms with Crippen molar-refractivity contribution in [2.45, 2.75) is 13.8 Å². The first-order chi connectivity index (χ1) is 15.1. The van der Waals surface area contributed by atoms with Gasteiger partial charge in [-0.3, -0.25) is 4.40 Å². The molecule has 4 nitrogen and oxygen atoms in total. The van der Waals surface area contributed by atoms with Gasteiger partial charge in [0.25, 0.3) is 0 Å². The standard InChI is InChI=1S/C27H25N3O/c1-5-20(18(2)14-15-22-16-21-10-6-9-13-26(21)31-22)17-25-19(3)29(4)27-28-23-11-7-8-12-24(23)30(25)27/h5-18H,1H2,2-4H3/b15-14-,20-17+/t18-/m1/s1. The van der Waals surface area contributed by atoms with E-state index in [2.05, 4.69) is 78.9 Å². The van der Waals surface area contributed by atoms with Gasteiger partial charge in [0, 0.05) is 18.1 Å². The zero-order chi connectivity index (χ0) is 21.5. The van der Waals surface area contributed by atoms with Gasteiger partial charge < -0.3 is 8.98 Å². The van der Waals surface area contributed by atoms with Crippen molar-refractivity contribution in [2.24, 2.45) is 13.0 Å². The zero-order valence-corrected chi connectivity index (χ0v) is 18.0. The summed E-state index contributed by atoms with van der Waals surface area (Å²) < 4.78 is 10.3. The van der Waals surface area contributed by atoms with Crippen molar-refractivity contribution in [3.63, 3.8) is 0 Å². The van der Waals surface area contributed by atoms with Gasteiger partial charge in [-0.1, -0.05) is 56.0 Å². The van der Waals surface area contributed by atoms with Crippen LogP contribution < -0.4 is 0 Å². The molecule has 0 saturated carbocycles. The first kappa shape index (κ1) is 19.2. The molecular formula is C27H25N3O. The van der Waals surface area contributed by atoms with E-state index in [1.807, 2.05) is 36.4 Å². The average Bonchev–Trinajstić information content (AvgIpc) is 3.44. The number of allylic oxidation sites excluding steroid dienone is 3. The van der Waals surface area contributed by atoms with Crippen LogP contribution in [-0.4, -0.2) is 14.0 Å². The molecule has 2 aromatic carbocycles. The average molecular weight is 408 g/mol. The van der Waals surface area contributed by atoms with Gasteiger partial charge >= 0.3 is 0 Å². The summed E-state index contributed by atoms with van der Waals surface area (Å²) in [7, 11) is 2.06. The molecular weight excluding hydrogens is 382 g/mol. The van der Waals surface area contributed by atoms with Gasteiger partial charge in [0.2, 0.25) is 5.78 Å². The largest absolute Gasteiger partial charge is 0.457 e. The SMILES string of the molecule is C=C/C(=C\c1c(C)n(C)c2nc3ccccc3n12)[C@H](C)/C=C\c1cc2ccccc2o1. The van der Waals surface area contributed by atoms with Gasteiger partial charge in [0.05, 0.1) is 16.7 Å². The molecule has 0 saturated heterocycles. The summed E-state index contributed by atoms with van der Waals surface area (Å²) in [6, 6.07) is 18.4. The summed E-state index contributed by atoms with van der Waals surface area (Å²) in [6.07, 6.45) is 8.36. The number of nitrogens with zero attached hydrogens (tertiary/aromatic N) is 3. The number of para-hydroxylation sites is 3. The fourth-order valence-corrected chi connectivity index (χ4v) is 4.10. The molecule has 0 N–H and O–H groups in total. The quantitative estimate of drug-likeness (QED) is 0.300. The van der Waals surface area contributed by atoms with Gasteiger partial charge in [-0.15, -0.1) is 0 Å². The van der Waals surface area contributed by atoms with Gasteiger partial charge in [-0.2, -0.15) is 0 Å². The predicted octanol–water partition coefficient (Wildman–Crippen LogP) is 6.80. The molecule has 1 atom stereocenters. The number of imidazole rings is 2. The van der Waals surface area contributed by atoms with Gasteiger partial charge in [-0.25, -0.2) is 4.98 Å². The highest BCUT2D eigenvalue weighted by atomic mass is 16.3. The van der Waals surface area contributed by atoms with E-state index in [4.69, 9.17) is 9.40 Å². The Bertz CT molecular complexity index is 1460. The molecule has 0 aliphatic carbocycles. The van der Waals surface area contributed by atoms with Crippen LogP contribution in [0.3, 0.4) is 0 Å². The number of aryl methyl sites for hydroxylation is 1. The molecule has 0 aliphatic heterocycles. The Morgan fingerprint density at radius 2 is 1.90 bits per heavy atom. The van der Waals surface area contributed by atoms with Crippen molar-refractivity contribution < 1.29 is 4.42 Å². The highest BCUT2D eigenvalue weighted by Crippen LogP contribution is 2.27. The minimum atomic E-state index is 0.176. The molecule has 3 aromatic heterocycles. The number of benzene rings is 2. The van der Waals surface area contributed by atoms with Gasteiger partial charge in [0.1, 0.15) is 11.3 Å². The van der Waals surface area contributed by atoms with Crippen molar-refractivity contribution in [2.75, 3.05) is 0 Å². The van der Waals surface area contributed by atoms with Crippen molar-refractivity contribution in [1.82, 2.24) is 14.0 Å². The predicted molar refractivity (Wildman–Crippen MR) is 129 cm³/mol. The molecule has 3 heterocycles. The normalized spacial score (nSPS) is 13.7. The number of furan rings is 1. The molecule has 5 aromatic rings. The molecule has 4 heteroatoms. The lowest BCUT2D eigenvalue weighted by molar-refractivity contribution is 0.603. The van der Waals surface area contributed by atoms with E-state index in [0.29, 0.717) is 0 Å². The van der Waals surface area contributed by atoms with E-state index in [1.165, 1.54) is 5.69 Å². The fraction of sp³-hybridized carbons (Fsp3) is 0.148. The van der Waals surface area contributed by atoms with Crippen LogP contribution in [0.2, 0.25) is 0 Å². The summed E-state index contributed by atoms with van der Waals surface area (Å²) in [5.41, 5.74) is 6.46. The maximum Gasteiger partial charge on any atom is 0.215 e. The third-order valence-corrected chi connectivity index (χ3v) is 6.02. The molecule has 31 heavy (non-hydrogen) atoms. The number of hydrogen-bond donors (Lipinski definition) is 0. The van der Waals surface area contributed by atoms with Crippen molar-refractivity contribution in [1.29, 1.82) is 0 Å². The summed E-state index contributed by atoms with van der Waals surface area (Å²) in [6.45, 7) is 8.38. The number of hydrogen-bond acceptors (Lipinski definition) is 2. The summed E-state index contributed by atoms with van der Waals surface area (Å²) in [4.78, 5) is 4.82. The zero-order valence-electron chi connectivity index (χ0n) is 18.0. The van der Waals surface area contributed by atoms with Crippen LogP contribution in [0.4, 0.5) is 0 Å². The van der Waals surface area contributed by atoms with Crippen LogP contribution in [-0.2, 0) is 7.05 Å². The van der Waals surface area contributed by atoms with Gasteiger partial charge in [0.15, 0.2) is 0 Å². The Morgan fingerprint density at radius 1 is 1.13 bits per heavy atom. The number of rotatable bonds is 5. The summed E-state index contributed by atoms with van der Waals surface area (Å²) in [5.74, 6) is 1.98. The van der Waals surface area contributed by atoms with Crippen molar-refractivity contribution in [3.8, 4) is 0 Å². The van der Waals surface area contributed by atoms with Crippen LogP contribution >= 0.6 is 0 Å². The van der Waals surface area contributed by atoms with E-state index in [-0.39, 0.29) is 5.92 Å². The monoisotopic (exact) mass is 407 g/mol. The lowest BCUT2D eigenvalue weighted by Gasteiger charge is -2.08. The Morgan fingerprint density at radius 3 is 2.71 bits per heavy atom. The van der Waals surface area contributed by atoms with E-state index in [0.717, 1.165) is 44.8 Å². The summed E-state index contributed by atoms with van der Waals surface area (Å²) in [5, 5.41) is 1.11. The Balaban J connectivity index is 1.54. The molecule has 0 fully saturated rings. The lowest BCUT2D eigenvalue weighted by atomic mass is 9.99. The molecule has 0 unspecified atom stereocenters. The molecule has 0 radical (unpaired) electrons. The maximum atomic E-state index is 5.92. The second-order valence-electron chi connectivity index (χ2n) is 7.95. The molecule has 0 bridgehead atoms. The minimum Gasteiger partial charge on any atom is -0.457 e. The van der Waals surface area contributed by atoms with E-state index in [9.17, 15) is 0 Å². The second kappa shape index (κ2) is 7.47. The maximum absolute atomic E-state index is 5.92. The third kappa shape index (κ3) is 3.21. The lowest BCUT2D eigenvalue weighted by Crippen LogP contribution is -1.96. The Kier molecular flexibility index (Phi) is 4.63. The van der Waals surface area contributed by atoms with Crippen LogP contribution in [0.5, 0.6) is 0 Å². The molecule has 0 spiro atoms. The minimum absolute atomic E-state index is 0.176. The van der Waals surface area contributed by atoms with Crippen LogP contribution in [0.1, 0.15) is 24.1 Å². The Hall–Kier alpha value is -3.79. The molecule has 5 rings (SSSR count). The van der Waals surface area contributed by atoms with Crippen molar-refractivity contribution in [3.05, 3.63) is 96.0 Å². The Labute approximate surface area is 181 Å². The molecule has 0 aliphatic rings. The summed E-state index contributed by atoms with van der Waals surface area (Å²) >= 11 is 0. The first-order valence-corrected chi connectivity index (χ1v) is 10.5. The number of fused-ring (bicyclic) bond motifs is 4. The van der Waals surface area contributed by atoms with Crippen LogP contribution in [0.25, 0.3) is 39.9 Å².